The van der Waals surface area contributed by atoms with Crippen LogP contribution in [0.15, 0.2) is 41.4 Å². The van der Waals surface area contributed by atoms with Gasteiger partial charge in [0.05, 0.1) is 10.5 Å². The molecule has 3 rings (SSSR count). The molecule has 1 aliphatic rings. The first-order valence-electron chi connectivity index (χ1n) is 5.95. The van der Waals surface area contributed by atoms with Crippen LogP contribution < -0.4 is 0 Å². The molecule has 0 bridgehead atoms. The van der Waals surface area contributed by atoms with Gasteiger partial charge >= 0.3 is 5.97 Å². The Balaban J connectivity index is 1.84. The maximum absolute atomic E-state index is 11.6. The van der Waals surface area contributed by atoms with E-state index in [0.29, 0.717) is 0 Å². The number of hydrogen-bond acceptors (Lipinski definition) is 4. The molecule has 4 heteroatoms. The molecule has 1 aromatic heterocycles. The molecule has 0 spiro atoms. The fourth-order valence-electron chi connectivity index (χ4n) is 2.07. The topological polar surface area (TPSA) is 39.2 Å². The Labute approximate surface area is 110 Å². The molecule has 2 heterocycles. The number of pyridine rings is 1. The maximum Gasteiger partial charge on any atom is 0.319 e. The van der Waals surface area contributed by atoms with Crippen LogP contribution in [0.3, 0.4) is 0 Å². The quantitative estimate of drug-likeness (QED) is 0.777. The molecule has 1 aromatic carbocycles. The smallest absolute Gasteiger partial charge is 0.319 e. The largest absolute Gasteiger partial charge is 0.462 e. The predicted molar refractivity (Wildman–Crippen MR) is 71.6 cm³/mol. The Morgan fingerprint density at radius 3 is 2.89 bits per heavy atom. The van der Waals surface area contributed by atoms with E-state index in [2.05, 4.69) is 4.98 Å². The lowest BCUT2D eigenvalue weighted by molar-refractivity contribution is -0.140. The Bertz CT molecular complexity index is 599. The minimum absolute atomic E-state index is 0.0236. The molecule has 1 aliphatic heterocycles. The van der Waals surface area contributed by atoms with Gasteiger partial charge in [0.15, 0.2) is 0 Å². The predicted octanol–water partition coefficient (Wildman–Crippen LogP) is 3.03. The molecule has 0 saturated carbocycles. The average molecular weight is 259 g/mol. The number of carbonyl (C=O) groups excluding carboxylic acids is 1. The molecule has 18 heavy (non-hydrogen) atoms. The third-order valence-corrected chi connectivity index (χ3v) is 4.10. The number of thioether (sulfide) groups is 1. The van der Waals surface area contributed by atoms with Crippen LogP contribution in [0.25, 0.3) is 10.9 Å². The minimum Gasteiger partial charge on any atom is -0.462 e. The highest BCUT2D eigenvalue weighted by Gasteiger charge is 2.32. The van der Waals surface area contributed by atoms with Gasteiger partial charge in [-0.3, -0.25) is 4.79 Å². The summed E-state index contributed by atoms with van der Waals surface area (Å²) in [6.07, 6.45) is 0.785. The summed E-state index contributed by atoms with van der Waals surface area (Å²) in [7, 11) is 0. The fraction of sp³-hybridized carbons (Fsp3) is 0.286. The number of benzene rings is 1. The van der Waals surface area contributed by atoms with Crippen LogP contribution in [-0.4, -0.2) is 22.3 Å². The van der Waals surface area contributed by atoms with Gasteiger partial charge in [-0.15, -0.1) is 0 Å². The van der Waals surface area contributed by atoms with E-state index in [0.717, 1.165) is 22.3 Å². The average Bonchev–Trinajstić information content (AvgIpc) is 2.68. The number of aromatic nitrogens is 1. The number of fused-ring (bicyclic) bond motifs is 1. The summed E-state index contributed by atoms with van der Waals surface area (Å²) < 4.78 is 5.15. The molecule has 3 nitrogen and oxygen atoms in total. The van der Waals surface area contributed by atoms with E-state index in [4.69, 9.17) is 4.74 Å². The van der Waals surface area contributed by atoms with E-state index in [-0.39, 0.29) is 17.3 Å². The zero-order valence-corrected chi connectivity index (χ0v) is 10.8. The van der Waals surface area contributed by atoms with Crippen molar-refractivity contribution in [3.63, 3.8) is 0 Å². The van der Waals surface area contributed by atoms with E-state index in [1.807, 2.05) is 43.3 Å². The monoisotopic (exact) mass is 259 g/mol. The molecule has 0 amide bonds. The molecular formula is C14H13NO2S. The summed E-state index contributed by atoms with van der Waals surface area (Å²) in [6, 6.07) is 12.0. The highest BCUT2D eigenvalue weighted by Crippen LogP contribution is 2.31. The minimum atomic E-state index is -0.123. The second-order valence-corrected chi connectivity index (χ2v) is 5.65. The van der Waals surface area contributed by atoms with Gasteiger partial charge in [-0.25, -0.2) is 4.98 Å². The third-order valence-electron chi connectivity index (χ3n) is 2.96. The maximum atomic E-state index is 11.6. The van der Waals surface area contributed by atoms with Crippen molar-refractivity contribution in [2.45, 2.75) is 29.7 Å². The lowest BCUT2D eigenvalue weighted by Crippen LogP contribution is -2.09. The van der Waals surface area contributed by atoms with Gasteiger partial charge in [0.25, 0.3) is 0 Å². The number of para-hydroxylation sites is 1. The summed E-state index contributed by atoms with van der Waals surface area (Å²) >= 11 is 1.49. The number of ether oxygens (including phenoxy) is 1. The van der Waals surface area contributed by atoms with E-state index < -0.39 is 0 Å². The van der Waals surface area contributed by atoms with Crippen LogP contribution in [0.1, 0.15) is 13.3 Å². The second-order valence-electron chi connectivity index (χ2n) is 4.43. The van der Waals surface area contributed by atoms with Gasteiger partial charge in [-0.2, -0.15) is 0 Å². The zero-order valence-electron chi connectivity index (χ0n) is 10.00. The highest BCUT2D eigenvalue weighted by molar-refractivity contribution is 8.00. The number of cyclic esters (lactones) is 1. The molecule has 0 N–H and O–H groups in total. The lowest BCUT2D eigenvalue weighted by Gasteiger charge is -2.05. The van der Waals surface area contributed by atoms with Crippen LogP contribution in [0, 0.1) is 0 Å². The SMILES string of the molecule is C[C@H]1C[C@@H](Sc2ccc3ccccc3n2)C(=O)O1. The molecule has 1 saturated heterocycles. The molecule has 2 atom stereocenters. The van der Waals surface area contributed by atoms with Crippen LogP contribution in [-0.2, 0) is 9.53 Å². The summed E-state index contributed by atoms with van der Waals surface area (Å²) in [5.41, 5.74) is 0.960. The van der Waals surface area contributed by atoms with Crippen LogP contribution in [0.2, 0.25) is 0 Å². The van der Waals surface area contributed by atoms with Crippen molar-refractivity contribution in [3.8, 4) is 0 Å². The van der Waals surface area contributed by atoms with Crippen molar-refractivity contribution >= 4 is 28.6 Å². The summed E-state index contributed by atoms with van der Waals surface area (Å²) in [6.45, 7) is 1.92. The first-order chi connectivity index (χ1) is 8.72. The molecule has 1 fully saturated rings. The van der Waals surface area contributed by atoms with Crippen molar-refractivity contribution in [2.75, 3.05) is 0 Å². The molecular weight excluding hydrogens is 246 g/mol. The highest BCUT2D eigenvalue weighted by atomic mass is 32.2. The summed E-state index contributed by atoms with van der Waals surface area (Å²) in [4.78, 5) is 16.1. The second kappa shape index (κ2) is 4.61. The van der Waals surface area contributed by atoms with Gasteiger partial charge in [-0.05, 0) is 19.1 Å². The van der Waals surface area contributed by atoms with Gasteiger partial charge < -0.3 is 4.74 Å². The number of esters is 1. The summed E-state index contributed by atoms with van der Waals surface area (Å²) in [5.74, 6) is -0.123. The van der Waals surface area contributed by atoms with Crippen LogP contribution >= 0.6 is 11.8 Å². The van der Waals surface area contributed by atoms with E-state index >= 15 is 0 Å². The number of carbonyl (C=O) groups is 1. The van der Waals surface area contributed by atoms with E-state index in [1.54, 1.807) is 0 Å². The first kappa shape index (κ1) is 11.5. The number of hydrogen-bond donors (Lipinski definition) is 0. The van der Waals surface area contributed by atoms with Crippen molar-refractivity contribution in [1.29, 1.82) is 0 Å². The van der Waals surface area contributed by atoms with Gasteiger partial charge in [0.1, 0.15) is 11.4 Å². The number of rotatable bonds is 2. The van der Waals surface area contributed by atoms with Crippen LogP contribution in [0.5, 0.6) is 0 Å². The van der Waals surface area contributed by atoms with Crippen molar-refractivity contribution in [2.24, 2.45) is 0 Å². The van der Waals surface area contributed by atoms with Crippen LogP contribution in [0.4, 0.5) is 0 Å². The lowest BCUT2D eigenvalue weighted by atomic mass is 10.2. The van der Waals surface area contributed by atoms with Crippen molar-refractivity contribution < 1.29 is 9.53 Å². The Morgan fingerprint density at radius 2 is 2.11 bits per heavy atom. The molecule has 0 radical (unpaired) electrons. The summed E-state index contributed by atoms with van der Waals surface area (Å²) in [5, 5.41) is 1.88. The normalized spacial score (nSPS) is 23.3. The Kier molecular flexibility index (Phi) is 2.96. The van der Waals surface area contributed by atoms with E-state index in [1.165, 1.54) is 11.8 Å². The van der Waals surface area contributed by atoms with Crippen molar-refractivity contribution in [3.05, 3.63) is 36.4 Å². The van der Waals surface area contributed by atoms with Gasteiger partial charge in [0, 0.05) is 11.8 Å². The molecule has 0 aliphatic carbocycles. The van der Waals surface area contributed by atoms with E-state index in [9.17, 15) is 4.79 Å². The molecule has 2 aromatic rings. The molecule has 92 valence electrons. The number of nitrogens with zero attached hydrogens (tertiary/aromatic N) is 1. The third kappa shape index (κ3) is 2.20. The first-order valence-corrected chi connectivity index (χ1v) is 6.83. The molecule has 0 unspecified atom stereocenters. The fourth-order valence-corrected chi connectivity index (χ4v) is 3.18. The standard InChI is InChI=1S/C14H13NO2S/c1-9-8-12(14(16)17-9)18-13-7-6-10-4-2-3-5-11(10)15-13/h2-7,9,12H,8H2,1H3/t9-,12+/m0/s1. The Hall–Kier alpha value is -1.55. The van der Waals surface area contributed by atoms with Crippen molar-refractivity contribution in [1.82, 2.24) is 4.98 Å². The van der Waals surface area contributed by atoms with Gasteiger partial charge in [0.2, 0.25) is 0 Å². The zero-order chi connectivity index (χ0) is 12.5. The van der Waals surface area contributed by atoms with Gasteiger partial charge in [-0.1, -0.05) is 36.0 Å². The Morgan fingerprint density at radius 1 is 1.28 bits per heavy atom.